The van der Waals surface area contributed by atoms with Gasteiger partial charge in [0.25, 0.3) is 0 Å². The number of amides is 1. The number of thioether (sulfide) groups is 1. The summed E-state index contributed by atoms with van der Waals surface area (Å²) in [5.41, 5.74) is 4.35. The molecule has 0 saturated carbocycles. The van der Waals surface area contributed by atoms with Crippen molar-refractivity contribution < 1.29 is 9.53 Å². The van der Waals surface area contributed by atoms with E-state index < -0.39 is 0 Å². The lowest BCUT2D eigenvalue weighted by molar-refractivity contribution is -0.119. The van der Waals surface area contributed by atoms with E-state index in [-0.39, 0.29) is 17.7 Å². The molecular weight excluding hydrogens is 464 g/mol. The summed E-state index contributed by atoms with van der Waals surface area (Å²) in [7, 11) is 0. The number of nitrogens with zero attached hydrogens (tertiary/aromatic N) is 3. The Morgan fingerprint density at radius 1 is 1.23 bits per heavy atom. The lowest BCUT2D eigenvalue weighted by atomic mass is 10.0. The van der Waals surface area contributed by atoms with Crippen molar-refractivity contribution in [2.75, 3.05) is 12.4 Å². The van der Waals surface area contributed by atoms with Gasteiger partial charge in [-0.15, -0.1) is 10.2 Å². The molecule has 0 spiro atoms. The van der Waals surface area contributed by atoms with Crippen molar-refractivity contribution in [3.8, 4) is 11.4 Å². The first-order valence-electron chi connectivity index (χ1n) is 9.76. The van der Waals surface area contributed by atoms with E-state index in [1.165, 1.54) is 17.3 Å². The Morgan fingerprint density at radius 2 is 2.07 bits per heavy atom. The molecule has 1 N–H and O–H groups in total. The van der Waals surface area contributed by atoms with Crippen LogP contribution < -0.4 is 10.1 Å². The average molecular weight is 487 g/mol. The van der Waals surface area contributed by atoms with E-state index >= 15 is 0 Å². The Hall–Kier alpha value is -2.32. The quantitative estimate of drug-likeness (QED) is 0.529. The third-order valence-electron chi connectivity index (χ3n) is 5.08. The van der Waals surface area contributed by atoms with Crippen molar-refractivity contribution >= 4 is 33.6 Å². The molecule has 156 valence electrons. The number of carbonyl (C=O) groups excluding carboxylic acids is 1. The lowest BCUT2D eigenvalue weighted by Crippen LogP contribution is -2.33. The highest BCUT2D eigenvalue weighted by Crippen LogP contribution is 2.34. The van der Waals surface area contributed by atoms with Crippen molar-refractivity contribution in [3.05, 3.63) is 63.4 Å². The zero-order valence-electron chi connectivity index (χ0n) is 17.1. The molecule has 1 atom stereocenters. The predicted molar refractivity (Wildman–Crippen MR) is 121 cm³/mol. The van der Waals surface area contributed by atoms with E-state index in [4.69, 9.17) is 4.74 Å². The van der Waals surface area contributed by atoms with Gasteiger partial charge < -0.3 is 10.1 Å². The van der Waals surface area contributed by atoms with E-state index in [0.717, 1.165) is 39.3 Å². The van der Waals surface area contributed by atoms with Crippen molar-refractivity contribution in [3.63, 3.8) is 0 Å². The molecule has 4 rings (SSSR count). The second-order valence-electron chi connectivity index (χ2n) is 7.38. The summed E-state index contributed by atoms with van der Waals surface area (Å²) in [6, 6.07) is 12.1. The average Bonchev–Trinajstić information content (AvgIpc) is 3.09. The van der Waals surface area contributed by atoms with E-state index in [0.29, 0.717) is 11.8 Å². The maximum Gasteiger partial charge on any atom is 0.230 e. The molecule has 1 aliphatic rings. The molecule has 0 saturated heterocycles. The molecule has 1 aromatic heterocycles. The largest absolute Gasteiger partial charge is 0.493 e. The highest BCUT2D eigenvalue weighted by atomic mass is 79.9. The number of hydrogen-bond acceptors (Lipinski definition) is 5. The zero-order valence-corrected chi connectivity index (χ0v) is 19.5. The number of hydrogen-bond donors (Lipinski definition) is 1. The summed E-state index contributed by atoms with van der Waals surface area (Å²) >= 11 is 4.89. The monoisotopic (exact) mass is 486 g/mol. The maximum absolute atomic E-state index is 12.7. The van der Waals surface area contributed by atoms with E-state index in [2.05, 4.69) is 63.5 Å². The Morgan fingerprint density at radius 3 is 2.90 bits per heavy atom. The molecule has 0 fully saturated rings. The minimum absolute atomic E-state index is 0.0361. The molecule has 1 aliphatic heterocycles. The van der Waals surface area contributed by atoms with Gasteiger partial charge in [0.1, 0.15) is 11.6 Å². The standard InChI is InChI=1S/C22H23BrN4O2S/c1-13-4-5-14(2)19(10-13)27-15(3)25-26-22(27)30-12-21(28)24-18-8-9-29-20-7-6-16(23)11-17(18)20/h4-7,10-11,18H,8-9,12H2,1-3H3,(H,24,28). The minimum Gasteiger partial charge on any atom is -0.493 e. The molecule has 6 nitrogen and oxygen atoms in total. The van der Waals surface area contributed by atoms with Crippen molar-refractivity contribution in [1.82, 2.24) is 20.1 Å². The molecule has 2 aromatic carbocycles. The van der Waals surface area contributed by atoms with Gasteiger partial charge in [0, 0.05) is 16.5 Å². The van der Waals surface area contributed by atoms with Gasteiger partial charge in [-0.1, -0.05) is 39.8 Å². The van der Waals surface area contributed by atoms with Crippen LogP contribution in [0.3, 0.4) is 0 Å². The van der Waals surface area contributed by atoms with Gasteiger partial charge in [0.15, 0.2) is 5.16 Å². The van der Waals surface area contributed by atoms with Gasteiger partial charge in [-0.2, -0.15) is 0 Å². The van der Waals surface area contributed by atoms with Crippen LogP contribution in [0.15, 0.2) is 46.0 Å². The fourth-order valence-electron chi connectivity index (χ4n) is 3.56. The van der Waals surface area contributed by atoms with Crippen LogP contribution in [0.25, 0.3) is 5.69 Å². The molecule has 30 heavy (non-hydrogen) atoms. The molecule has 0 aliphatic carbocycles. The van der Waals surface area contributed by atoms with Crippen LogP contribution in [0.4, 0.5) is 0 Å². The molecule has 0 radical (unpaired) electrons. The number of carbonyl (C=O) groups is 1. The number of fused-ring (bicyclic) bond motifs is 1. The molecule has 0 bridgehead atoms. The second kappa shape index (κ2) is 8.81. The van der Waals surface area contributed by atoms with E-state index in [9.17, 15) is 4.79 Å². The third-order valence-corrected chi connectivity index (χ3v) is 6.50. The number of ether oxygens (including phenoxy) is 1. The lowest BCUT2D eigenvalue weighted by Gasteiger charge is -2.27. The smallest absolute Gasteiger partial charge is 0.230 e. The van der Waals surface area contributed by atoms with Crippen LogP contribution in [-0.4, -0.2) is 33.0 Å². The molecule has 1 unspecified atom stereocenters. The fourth-order valence-corrected chi connectivity index (χ4v) is 4.74. The molecule has 8 heteroatoms. The van der Waals surface area contributed by atoms with Crippen LogP contribution >= 0.6 is 27.7 Å². The first-order chi connectivity index (χ1) is 14.4. The van der Waals surface area contributed by atoms with Crippen LogP contribution in [0.5, 0.6) is 5.75 Å². The Kier molecular flexibility index (Phi) is 6.15. The predicted octanol–water partition coefficient (Wildman–Crippen LogP) is 4.69. The SMILES string of the molecule is Cc1ccc(C)c(-n2c(C)nnc2SCC(=O)NC2CCOc3ccc(Br)cc32)c1. The van der Waals surface area contributed by atoms with Crippen molar-refractivity contribution in [2.24, 2.45) is 0 Å². The second-order valence-corrected chi connectivity index (χ2v) is 9.24. The highest BCUT2D eigenvalue weighted by Gasteiger charge is 2.24. The third kappa shape index (κ3) is 4.39. The number of benzene rings is 2. The van der Waals surface area contributed by atoms with Crippen molar-refractivity contribution in [1.29, 1.82) is 0 Å². The topological polar surface area (TPSA) is 69.0 Å². The summed E-state index contributed by atoms with van der Waals surface area (Å²) in [4.78, 5) is 12.7. The number of aromatic nitrogens is 3. The summed E-state index contributed by atoms with van der Waals surface area (Å²) < 4.78 is 8.69. The Balaban J connectivity index is 1.47. The summed E-state index contributed by atoms with van der Waals surface area (Å²) in [6.07, 6.45) is 0.748. The number of halogens is 1. The minimum atomic E-state index is -0.0574. The Bertz CT molecular complexity index is 1100. The van der Waals surface area contributed by atoms with Crippen molar-refractivity contribution in [2.45, 2.75) is 38.4 Å². The zero-order chi connectivity index (χ0) is 21.3. The van der Waals surface area contributed by atoms with Gasteiger partial charge in [0.05, 0.1) is 24.1 Å². The highest BCUT2D eigenvalue weighted by molar-refractivity contribution is 9.10. The van der Waals surface area contributed by atoms with Crippen LogP contribution in [0, 0.1) is 20.8 Å². The molecule has 1 amide bonds. The normalized spacial score (nSPS) is 15.4. The molecule has 2 heterocycles. The van der Waals surface area contributed by atoms with Gasteiger partial charge in [-0.25, -0.2) is 0 Å². The van der Waals surface area contributed by atoms with Crippen LogP contribution in [0.2, 0.25) is 0 Å². The maximum atomic E-state index is 12.7. The van der Waals surface area contributed by atoms with E-state index in [1.54, 1.807) is 0 Å². The fraction of sp³-hybridized carbons (Fsp3) is 0.318. The molecule has 3 aromatic rings. The van der Waals surface area contributed by atoms with Gasteiger partial charge in [-0.3, -0.25) is 9.36 Å². The van der Waals surface area contributed by atoms with Crippen LogP contribution in [-0.2, 0) is 4.79 Å². The van der Waals surface area contributed by atoms with E-state index in [1.807, 2.05) is 29.7 Å². The van der Waals surface area contributed by atoms with Crippen LogP contribution in [0.1, 0.15) is 35.0 Å². The summed E-state index contributed by atoms with van der Waals surface area (Å²) in [5, 5.41) is 12.4. The molecular formula is C22H23BrN4O2S. The summed E-state index contributed by atoms with van der Waals surface area (Å²) in [5.74, 6) is 1.86. The number of aryl methyl sites for hydroxylation is 3. The number of rotatable bonds is 5. The Labute approximate surface area is 188 Å². The van der Waals surface area contributed by atoms with Gasteiger partial charge in [0.2, 0.25) is 5.91 Å². The number of nitrogens with one attached hydrogen (secondary N) is 1. The first kappa shape index (κ1) is 20.9. The van der Waals surface area contributed by atoms with Gasteiger partial charge in [-0.05, 0) is 56.2 Å². The van der Waals surface area contributed by atoms with Gasteiger partial charge >= 0.3 is 0 Å². The summed E-state index contributed by atoms with van der Waals surface area (Å²) in [6.45, 7) is 6.64. The first-order valence-corrected chi connectivity index (χ1v) is 11.5.